The lowest BCUT2D eigenvalue weighted by Crippen LogP contribution is -2.31. The molecule has 0 radical (unpaired) electrons. The van der Waals surface area contributed by atoms with Crippen LogP contribution >= 0.6 is 11.3 Å². The van der Waals surface area contributed by atoms with Gasteiger partial charge in [0.15, 0.2) is 0 Å². The van der Waals surface area contributed by atoms with Crippen LogP contribution in [-0.2, 0) is 16.1 Å². The van der Waals surface area contributed by atoms with Gasteiger partial charge in [-0.25, -0.2) is 9.78 Å². The highest BCUT2D eigenvalue weighted by atomic mass is 32.1. The zero-order valence-corrected chi connectivity index (χ0v) is 13.3. The number of nitrogens with one attached hydrogen (secondary N) is 3. The number of imide groups is 1. The molecule has 4 amide bonds. The molecule has 1 fully saturated rings. The highest BCUT2D eigenvalue weighted by molar-refractivity contribution is 7.13. The Morgan fingerprint density at radius 3 is 2.92 bits per heavy atom. The molecule has 10 heteroatoms. The van der Waals surface area contributed by atoms with Gasteiger partial charge in [0.25, 0.3) is 5.91 Å². The number of nitrogens with zero attached hydrogens (tertiary/aromatic N) is 3. The molecule has 3 heterocycles. The number of carbonyl (C=O) groups is 3. The summed E-state index contributed by atoms with van der Waals surface area (Å²) >= 11 is 1.42. The van der Waals surface area contributed by atoms with Gasteiger partial charge in [0.2, 0.25) is 5.91 Å². The third-order valence-corrected chi connectivity index (χ3v) is 4.23. The van der Waals surface area contributed by atoms with Crippen LogP contribution in [0.1, 0.15) is 18.5 Å². The van der Waals surface area contributed by atoms with Crippen LogP contribution in [0.5, 0.6) is 0 Å². The van der Waals surface area contributed by atoms with Gasteiger partial charge in [-0.05, 0) is 6.42 Å². The van der Waals surface area contributed by atoms with Gasteiger partial charge in [-0.15, -0.1) is 11.3 Å². The van der Waals surface area contributed by atoms with Crippen molar-refractivity contribution in [2.75, 3.05) is 0 Å². The average molecular weight is 346 g/mol. The predicted molar refractivity (Wildman–Crippen MR) is 84.7 cm³/mol. The lowest BCUT2D eigenvalue weighted by atomic mass is 10.1. The first-order chi connectivity index (χ1) is 11.6. The highest BCUT2D eigenvalue weighted by Gasteiger charge is 2.29. The second-order valence-corrected chi connectivity index (χ2v) is 5.92. The monoisotopic (exact) mass is 346 g/mol. The Bertz CT molecular complexity index is 763. The molecule has 2 aromatic rings. The third-order valence-electron chi connectivity index (χ3n) is 3.32. The normalized spacial score (nSPS) is 16.6. The smallest absolute Gasteiger partial charge is 0.322 e. The lowest BCUT2D eigenvalue weighted by molar-refractivity contribution is -0.122. The maximum Gasteiger partial charge on any atom is 0.322 e. The van der Waals surface area contributed by atoms with Crippen molar-refractivity contribution in [2.45, 2.75) is 25.4 Å². The van der Waals surface area contributed by atoms with Gasteiger partial charge >= 0.3 is 6.03 Å². The van der Waals surface area contributed by atoms with E-state index < -0.39 is 18.0 Å². The van der Waals surface area contributed by atoms with Gasteiger partial charge in [-0.1, -0.05) is 0 Å². The number of carbonyl (C=O) groups excluding carboxylic acids is 3. The fraction of sp³-hybridized carbons (Fsp3) is 0.286. The van der Waals surface area contributed by atoms with Crippen LogP contribution in [0.2, 0.25) is 0 Å². The summed E-state index contributed by atoms with van der Waals surface area (Å²) in [6, 6.07) is -1.17. The van der Waals surface area contributed by atoms with Gasteiger partial charge < -0.3 is 10.6 Å². The van der Waals surface area contributed by atoms with Gasteiger partial charge in [0, 0.05) is 24.2 Å². The topological polar surface area (TPSA) is 126 Å². The predicted octanol–water partition coefficient (Wildman–Crippen LogP) is 0.204. The van der Waals surface area contributed by atoms with Crippen molar-refractivity contribution in [3.05, 3.63) is 29.7 Å². The molecule has 3 N–H and O–H groups in total. The standard InChI is InChI=1S/C14H14N6O3S/c21-11(2-1-9-12(22)20-14(23)19-9)17-5-8-7-24-13(18-8)10-6-15-3-4-16-10/h3-4,6-7,9H,1-2,5H2,(H,17,21)(H2,19,20,22,23)/t9-/m0/s1. The summed E-state index contributed by atoms with van der Waals surface area (Å²) in [5, 5.41) is 9.89. The van der Waals surface area contributed by atoms with Crippen molar-refractivity contribution < 1.29 is 14.4 Å². The second-order valence-electron chi connectivity index (χ2n) is 5.07. The number of hydrogen-bond acceptors (Lipinski definition) is 7. The van der Waals surface area contributed by atoms with E-state index in [4.69, 9.17) is 0 Å². The van der Waals surface area contributed by atoms with Gasteiger partial charge in [-0.3, -0.25) is 24.9 Å². The molecule has 0 unspecified atom stereocenters. The molecule has 0 spiro atoms. The molecule has 2 aromatic heterocycles. The van der Waals surface area contributed by atoms with E-state index in [9.17, 15) is 14.4 Å². The van der Waals surface area contributed by atoms with Gasteiger partial charge in [-0.2, -0.15) is 0 Å². The van der Waals surface area contributed by atoms with Crippen LogP contribution in [0.15, 0.2) is 24.0 Å². The highest BCUT2D eigenvalue weighted by Crippen LogP contribution is 2.20. The SMILES string of the molecule is O=C(CC[C@@H]1NC(=O)NC1=O)NCc1csc(-c2cnccn2)n1. The third kappa shape index (κ3) is 3.90. The van der Waals surface area contributed by atoms with E-state index in [2.05, 4.69) is 30.9 Å². The zero-order chi connectivity index (χ0) is 16.9. The summed E-state index contributed by atoms with van der Waals surface area (Å²) < 4.78 is 0. The van der Waals surface area contributed by atoms with E-state index in [1.54, 1.807) is 18.6 Å². The summed E-state index contributed by atoms with van der Waals surface area (Å²) in [7, 11) is 0. The fourth-order valence-corrected chi connectivity index (χ4v) is 2.91. The molecule has 1 saturated heterocycles. The molecule has 3 rings (SSSR count). The van der Waals surface area contributed by atoms with E-state index >= 15 is 0 Å². The molecule has 0 bridgehead atoms. The Hall–Kier alpha value is -2.88. The largest absolute Gasteiger partial charge is 0.350 e. The minimum absolute atomic E-state index is 0.138. The maximum absolute atomic E-state index is 11.8. The second kappa shape index (κ2) is 7.13. The molecule has 124 valence electrons. The first-order valence-corrected chi connectivity index (χ1v) is 8.08. The van der Waals surface area contributed by atoms with Crippen LogP contribution in [0, 0.1) is 0 Å². The van der Waals surface area contributed by atoms with Crippen molar-refractivity contribution in [2.24, 2.45) is 0 Å². The molecule has 0 aliphatic carbocycles. The van der Waals surface area contributed by atoms with Crippen molar-refractivity contribution >= 4 is 29.2 Å². The number of aromatic nitrogens is 3. The molecule has 1 aliphatic rings. The minimum Gasteiger partial charge on any atom is -0.350 e. The number of hydrogen-bond donors (Lipinski definition) is 3. The van der Waals surface area contributed by atoms with Crippen LogP contribution < -0.4 is 16.0 Å². The number of amides is 4. The van der Waals surface area contributed by atoms with E-state index in [0.717, 1.165) is 10.7 Å². The molecule has 0 aromatic carbocycles. The molecule has 9 nitrogen and oxygen atoms in total. The van der Waals surface area contributed by atoms with Crippen molar-refractivity contribution in [1.29, 1.82) is 0 Å². The molecule has 0 saturated carbocycles. The van der Waals surface area contributed by atoms with Crippen LogP contribution in [-0.4, -0.2) is 38.8 Å². The van der Waals surface area contributed by atoms with Crippen LogP contribution in [0.4, 0.5) is 4.79 Å². The van der Waals surface area contributed by atoms with Crippen molar-refractivity contribution in [3.8, 4) is 10.7 Å². The first kappa shape index (κ1) is 16.0. The summed E-state index contributed by atoms with van der Waals surface area (Å²) in [6.07, 6.45) is 5.20. The lowest BCUT2D eigenvalue weighted by Gasteiger charge is -2.07. The van der Waals surface area contributed by atoms with E-state index in [1.807, 2.05) is 5.38 Å². The molecule has 1 atom stereocenters. The van der Waals surface area contributed by atoms with Crippen molar-refractivity contribution in [1.82, 2.24) is 30.9 Å². The molecular formula is C14H14N6O3S. The maximum atomic E-state index is 11.8. The van der Waals surface area contributed by atoms with Gasteiger partial charge in [0.1, 0.15) is 16.7 Å². The number of thiazole rings is 1. The summed E-state index contributed by atoms with van der Waals surface area (Å²) in [6.45, 7) is 0.290. The summed E-state index contributed by atoms with van der Waals surface area (Å²) in [4.78, 5) is 46.7. The molecule has 24 heavy (non-hydrogen) atoms. The summed E-state index contributed by atoms with van der Waals surface area (Å²) in [5.41, 5.74) is 1.41. The number of rotatable bonds is 6. The Morgan fingerprint density at radius 2 is 2.21 bits per heavy atom. The Morgan fingerprint density at radius 1 is 1.33 bits per heavy atom. The minimum atomic E-state index is -0.647. The van der Waals surface area contributed by atoms with Crippen LogP contribution in [0.25, 0.3) is 10.7 Å². The summed E-state index contributed by atoms with van der Waals surface area (Å²) in [5.74, 6) is -0.612. The van der Waals surface area contributed by atoms with E-state index in [1.165, 1.54) is 11.3 Å². The van der Waals surface area contributed by atoms with E-state index in [-0.39, 0.29) is 18.7 Å². The quantitative estimate of drug-likeness (QED) is 0.642. The average Bonchev–Trinajstić information content (AvgIpc) is 3.18. The molecule has 1 aliphatic heterocycles. The van der Waals surface area contributed by atoms with Crippen LogP contribution in [0.3, 0.4) is 0 Å². The van der Waals surface area contributed by atoms with E-state index in [0.29, 0.717) is 12.2 Å². The zero-order valence-electron chi connectivity index (χ0n) is 12.5. The van der Waals surface area contributed by atoms with Gasteiger partial charge in [0.05, 0.1) is 18.4 Å². The molecular weight excluding hydrogens is 332 g/mol. The Kier molecular flexibility index (Phi) is 4.75. The first-order valence-electron chi connectivity index (χ1n) is 7.20. The number of urea groups is 1. The Balaban J connectivity index is 1.46. The van der Waals surface area contributed by atoms with Crippen molar-refractivity contribution in [3.63, 3.8) is 0 Å². The fourth-order valence-electron chi connectivity index (χ4n) is 2.13. The Labute approximate surface area is 140 Å².